The first-order valence-electron chi connectivity index (χ1n) is 5.15. The molecule has 0 spiro atoms. The maximum atomic E-state index is 11.6. The lowest BCUT2D eigenvalue weighted by atomic mass is 9.59. The minimum absolute atomic E-state index is 0.186. The van der Waals surface area contributed by atoms with Gasteiger partial charge in [-0.2, -0.15) is 0 Å². The molecule has 4 aliphatic rings. The van der Waals surface area contributed by atoms with Crippen LogP contribution in [0.25, 0.3) is 0 Å². The highest BCUT2D eigenvalue weighted by Gasteiger charge is 2.62. The van der Waals surface area contributed by atoms with Crippen molar-refractivity contribution in [1.82, 2.24) is 0 Å². The number of hydrogen-bond donors (Lipinski definition) is 0. The lowest BCUT2D eigenvalue weighted by Gasteiger charge is -2.48. The smallest absolute Gasteiger partial charge is 0.317 e. The Bertz CT molecular complexity index is 312. The topological polar surface area (TPSA) is 43.4 Å². The Morgan fingerprint density at radius 3 is 1.73 bits per heavy atom. The summed E-state index contributed by atoms with van der Waals surface area (Å²) in [6.45, 7) is 0. The quantitative estimate of drug-likeness (QED) is 0.385. The van der Waals surface area contributed by atoms with E-state index in [1.54, 1.807) is 0 Å². The van der Waals surface area contributed by atoms with Crippen molar-refractivity contribution in [3.8, 4) is 0 Å². The molecule has 0 aromatic carbocycles. The van der Waals surface area contributed by atoms with Crippen LogP contribution in [-0.2, 0) is 14.3 Å². The molecule has 4 fully saturated rings. The molecule has 82 valence electrons. The van der Waals surface area contributed by atoms with Crippen molar-refractivity contribution in [2.45, 2.75) is 22.5 Å². The number of fused-ring (bicyclic) bond motifs is 2. The van der Waals surface area contributed by atoms with Gasteiger partial charge >= 0.3 is 11.9 Å². The lowest BCUT2D eigenvalue weighted by Crippen LogP contribution is -2.53. The average molecular weight is 338 g/mol. The molecule has 0 amide bonds. The van der Waals surface area contributed by atoms with E-state index in [0.717, 1.165) is 12.8 Å². The first kappa shape index (κ1) is 10.3. The van der Waals surface area contributed by atoms with E-state index in [9.17, 15) is 9.59 Å². The summed E-state index contributed by atoms with van der Waals surface area (Å²) in [4.78, 5) is 23.7. The number of hydrogen-bond acceptors (Lipinski definition) is 3. The molecule has 1 aliphatic heterocycles. The van der Waals surface area contributed by atoms with Gasteiger partial charge in [0, 0.05) is 9.65 Å². The van der Waals surface area contributed by atoms with Crippen molar-refractivity contribution < 1.29 is 14.3 Å². The first-order chi connectivity index (χ1) is 7.11. The Kier molecular flexibility index (Phi) is 2.26. The first-order valence-corrected chi connectivity index (χ1v) is 6.98. The van der Waals surface area contributed by atoms with E-state index in [2.05, 4.69) is 31.9 Å². The van der Waals surface area contributed by atoms with Crippen LogP contribution in [0.3, 0.4) is 0 Å². The molecule has 15 heavy (non-hydrogen) atoms. The molecule has 3 nitrogen and oxygen atoms in total. The maximum absolute atomic E-state index is 11.6. The van der Waals surface area contributed by atoms with E-state index in [-0.39, 0.29) is 45.3 Å². The van der Waals surface area contributed by atoms with Gasteiger partial charge in [0.1, 0.15) is 0 Å². The van der Waals surface area contributed by atoms with E-state index < -0.39 is 0 Å². The molecule has 0 unspecified atom stereocenters. The molecule has 0 N–H and O–H groups in total. The summed E-state index contributed by atoms with van der Waals surface area (Å²) in [5, 5.41) is 0. The second kappa shape index (κ2) is 3.29. The predicted octanol–water partition coefficient (Wildman–Crippen LogP) is 1.87. The summed E-state index contributed by atoms with van der Waals surface area (Å²) in [6.07, 6.45) is 2.04. The molecule has 5 heteroatoms. The Morgan fingerprint density at radius 1 is 0.933 bits per heavy atom. The van der Waals surface area contributed by atoms with Crippen LogP contribution in [0.5, 0.6) is 0 Å². The SMILES string of the molecule is O=C1OC(=O)[C@H]2[C@H]3CC[C@@H]([C@@H](Br)[C@H]3Br)[C@@H]12. The molecule has 0 aromatic rings. The van der Waals surface area contributed by atoms with Gasteiger partial charge in [0.15, 0.2) is 0 Å². The fourth-order valence-corrected chi connectivity index (χ4v) is 5.31. The zero-order valence-corrected chi connectivity index (χ0v) is 11.0. The molecule has 1 heterocycles. The van der Waals surface area contributed by atoms with Crippen LogP contribution in [0.1, 0.15) is 12.8 Å². The van der Waals surface area contributed by atoms with Gasteiger partial charge in [-0.25, -0.2) is 0 Å². The molecule has 3 saturated carbocycles. The van der Waals surface area contributed by atoms with Crippen LogP contribution in [0.15, 0.2) is 0 Å². The molecular weight excluding hydrogens is 328 g/mol. The van der Waals surface area contributed by atoms with Crippen LogP contribution < -0.4 is 0 Å². The predicted molar refractivity (Wildman–Crippen MR) is 59.7 cm³/mol. The van der Waals surface area contributed by atoms with Crippen molar-refractivity contribution in [3.05, 3.63) is 0 Å². The minimum atomic E-state index is -0.302. The Morgan fingerprint density at radius 2 is 1.33 bits per heavy atom. The van der Waals surface area contributed by atoms with Gasteiger partial charge in [-0.3, -0.25) is 9.59 Å². The summed E-state index contributed by atoms with van der Waals surface area (Å²) >= 11 is 7.26. The Hall–Kier alpha value is 0.1000. The van der Waals surface area contributed by atoms with Crippen LogP contribution >= 0.6 is 31.9 Å². The largest absolute Gasteiger partial charge is 0.393 e. The highest BCUT2D eigenvalue weighted by Crippen LogP contribution is 2.56. The van der Waals surface area contributed by atoms with Crippen LogP contribution in [0.2, 0.25) is 0 Å². The second-order valence-electron chi connectivity index (χ2n) is 4.59. The standard InChI is InChI=1S/C10H10Br2O3/c11-7-3-1-2-4(8(7)12)6-5(3)9(13)15-10(6)14/h3-8H,1-2H2/t3-,4-,5-,6+,7-,8+/m1/s1. The highest BCUT2D eigenvalue weighted by atomic mass is 79.9. The van der Waals surface area contributed by atoms with E-state index in [1.165, 1.54) is 0 Å². The molecule has 0 radical (unpaired) electrons. The summed E-state index contributed by atoms with van der Waals surface area (Å²) in [5.41, 5.74) is 0. The minimum Gasteiger partial charge on any atom is -0.393 e. The third-order valence-corrected chi connectivity index (χ3v) is 7.22. The van der Waals surface area contributed by atoms with Gasteiger partial charge in [-0.15, -0.1) is 0 Å². The van der Waals surface area contributed by atoms with Crippen molar-refractivity contribution in [2.75, 3.05) is 0 Å². The second-order valence-corrected chi connectivity index (χ2v) is 6.70. The van der Waals surface area contributed by atoms with Crippen molar-refractivity contribution >= 4 is 43.8 Å². The number of alkyl halides is 2. The lowest BCUT2D eigenvalue weighted by molar-refractivity contribution is -0.154. The maximum Gasteiger partial charge on any atom is 0.317 e. The van der Waals surface area contributed by atoms with Crippen molar-refractivity contribution in [2.24, 2.45) is 23.7 Å². The van der Waals surface area contributed by atoms with Crippen molar-refractivity contribution in [1.29, 1.82) is 0 Å². The van der Waals surface area contributed by atoms with Gasteiger partial charge in [-0.1, -0.05) is 31.9 Å². The average Bonchev–Trinajstić information content (AvgIpc) is 2.51. The van der Waals surface area contributed by atoms with E-state index in [0.29, 0.717) is 0 Å². The summed E-state index contributed by atoms with van der Waals surface area (Å²) in [5.74, 6) is -0.470. The van der Waals surface area contributed by atoms with Crippen LogP contribution in [0, 0.1) is 23.7 Å². The van der Waals surface area contributed by atoms with E-state index >= 15 is 0 Å². The highest BCUT2D eigenvalue weighted by molar-refractivity contribution is 9.12. The monoisotopic (exact) mass is 336 g/mol. The summed E-state index contributed by atoms with van der Waals surface area (Å²) in [7, 11) is 0. The molecule has 4 rings (SSSR count). The third-order valence-electron chi connectivity index (χ3n) is 4.01. The normalized spacial score (nSPS) is 52.9. The number of esters is 2. The van der Waals surface area contributed by atoms with Gasteiger partial charge in [-0.05, 0) is 24.7 Å². The number of halogens is 2. The van der Waals surface area contributed by atoms with E-state index in [4.69, 9.17) is 4.74 Å². The van der Waals surface area contributed by atoms with Crippen molar-refractivity contribution in [3.63, 3.8) is 0 Å². The Balaban J connectivity index is 2.03. The van der Waals surface area contributed by atoms with Crippen LogP contribution in [-0.4, -0.2) is 21.6 Å². The molecule has 2 bridgehead atoms. The van der Waals surface area contributed by atoms with Gasteiger partial charge in [0.05, 0.1) is 11.8 Å². The molecule has 1 saturated heterocycles. The van der Waals surface area contributed by atoms with E-state index in [1.807, 2.05) is 0 Å². The molecule has 6 atom stereocenters. The number of carbonyl (C=O) groups is 2. The summed E-state index contributed by atoms with van der Waals surface area (Å²) in [6, 6.07) is 0. The fraction of sp³-hybridized carbons (Fsp3) is 0.800. The zero-order valence-electron chi connectivity index (χ0n) is 7.86. The number of carbonyl (C=O) groups excluding carboxylic acids is 2. The van der Waals surface area contributed by atoms with Gasteiger partial charge < -0.3 is 4.74 Å². The molecular formula is C10H10Br2O3. The number of cyclic esters (lactones) is 2. The summed E-state index contributed by atoms with van der Waals surface area (Å²) < 4.78 is 4.77. The van der Waals surface area contributed by atoms with Crippen LogP contribution in [0.4, 0.5) is 0 Å². The zero-order chi connectivity index (χ0) is 10.7. The van der Waals surface area contributed by atoms with Gasteiger partial charge in [0.25, 0.3) is 0 Å². The molecule has 3 aliphatic carbocycles. The fourth-order valence-electron chi connectivity index (χ4n) is 3.34. The number of ether oxygens (including phenoxy) is 1. The van der Waals surface area contributed by atoms with Gasteiger partial charge in [0.2, 0.25) is 0 Å². The number of rotatable bonds is 0. The molecule has 0 aromatic heterocycles. The Labute approximate surface area is 104 Å². The third kappa shape index (κ3) is 1.22.